The number of nitrogens with zero attached hydrogens (tertiary/aromatic N) is 2. The second-order valence-corrected chi connectivity index (χ2v) is 17.4. The standard InChI is InChI=1S/C56H42N2O/c1-55(2)47-19-11-8-16-41(47)42-29-27-39(33-48(42)55)57(40-28-30-44-49(34-40)56(3,4)54-53(44)45-18-10-13-21-52(45)59-54)38-25-22-35(23-26-38)36-24-31-51-46(32-36)43-17-9-12-20-50(43)58(51)37-14-6-5-7-15-37/h5-34H,1-4H3. The van der Waals surface area contributed by atoms with E-state index in [0.29, 0.717) is 0 Å². The van der Waals surface area contributed by atoms with Gasteiger partial charge in [-0.3, -0.25) is 0 Å². The molecule has 0 saturated heterocycles. The first-order valence-corrected chi connectivity index (χ1v) is 20.7. The molecule has 2 aliphatic carbocycles. The van der Waals surface area contributed by atoms with Crippen LogP contribution in [0.1, 0.15) is 50.1 Å². The second kappa shape index (κ2) is 12.2. The maximum atomic E-state index is 6.60. The maximum absolute atomic E-state index is 6.60. The molecule has 0 unspecified atom stereocenters. The maximum Gasteiger partial charge on any atom is 0.134 e. The molecule has 282 valence electrons. The molecule has 0 spiro atoms. The molecule has 8 aromatic carbocycles. The van der Waals surface area contributed by atoms with Gasteiger partial charge in [-0.1, -0.05) is 123 Å². The van der Waals surface area contributed by atoms with E-state index in [9.17, 15) is 0 Å². The lowest BCUT2D eigenvalue weighted by Gasteiger charge is -2.29. The molecule has 0 radical (unpaired) electrons. The third-order valence-corrected chi connectivity index (χ3v) is 13.3. The van der Waals surface area contributed by atoms with Crippen molar-refractivity contribution in [2.45, 2.75) is 38.5 Å². The highest BCUT2D eigenvalue weighted by Gasteiger charge is 2.41. The molecule has 10 aromatic rings. The van der Waals surface area contributed by atoms with Crippen LogP contribution in [0, 0.1) is 0 Å². The van der Waals surface area contributed by atoms with Gasteiger partial charge in [-0.05, 0) is 131 Å². The van der Waals surface area contributed by atoms with E-state index in [1.165, 1.54) is 83.0 Å². The van der Waals surface area contributed by atoms with Gasteiger partial charge in [0.25, 0.3) is 0 Å². The van der Waals surface area contributed by atoms with Crippen molar-refractivity contribution in [2.24, 2.45) is 0 Å². The van der Waals surface area contributed by atoms with Crippen molar-refractivity contribution in [1.29, 1.82) is 0 Å². The SMILES string of the molecule is CC1(C)c2ccccc2-c2ccc(N(c3ccc(-c4ccc5c(c4)c4ccccc4n5-c4ccccc4)cc3)c3ccc4c(c3)C(C)(C)c3oc5ccccc5c3-4)cc21. The van der Waals surface area contributed by atoms with Gasteiger partial charge in [0.1, 0.15) is 11.3 Å². The summed E-state index contributed by atoms with van der Waals surface area (Å²) in [6.45, 7) is 9.31. The highest BCUT2D eigenvalue weighted by atomic mass is 16.3. The summed E-state index contributed by atoms with van der Waals surface area (Å²) in [5.41, 5.74) is 19.0. The third-order valence-electron chi connectivity index (χ3n) is 13.3. The summed E-state index contributed by atoms with van der Waals surface area (Å²) in [6.07, 6.45) is 0. The number of rotatable bonds is 5. The zero-order valence-corrected chi connectivity index (χ0v) is 33.6. The van der Waals surface area contributed by atoms with E-state index < -0.39 is 0 Å². The summed E-state index contributed by atoms with van der Waals surface area (Å²) in [5.74, 6) is 1.04. The molecule has 0 aliphatic heterocycles. The first-order chi connectivity index (χ1) is 28.8. The first-order valence-electron chi connectivity index (χ1n) is 20.7. The smallest absolute Gasteiger partial charge is 0.134 e. The van der Waals surface area contributed by atoms with Crippen molar-refractivity contribution in [2.75, 3.05) is 4.90 Å². The number of fused-ring (bicyclic) bond motifs is 11. The second-order valence-electron chi connectivity index (χ2n) is 17.4. The van der Waals surface area contributed by atoms with Crippen molar-refractivity contribution >= 4 is 49.8 Å². The number of furan rings is 1. The molecular formula is C56H42N2O. The van der Waals surface area contributed by atoms with Gasteiger partial charge in [-0.25, -0.2) is 0 Å². The Morgan fingerprint density at radius 1 is 0.424 bits per heavy atom. The minimum Gasteiger partial charge on any atom is -0.459 e. The van der Waals surface area contributed by atoms with E-state index in [1.54, 1.807) is 0 Å². The van der Waals surface area contributed by atoms with Gasteiger partial charge < -0.3 is 13.9 Å². The molecule has 0 atom stereocenters. The van der Waals surface area contributed by atoms with Crippen LogP contribution in [0.25, 0.3) is 71.8 Å². The Labute approximate surface area is 344 Å². The fourth-order valence-electron chi connectivity index (χ4n) is 10.4. The van der Waals surface area contributed by atoms with Crippen molar-refractivity contribution < 1.29 is 4.42 Å². The molecule has 0 saturated carbocycles. The van der Waals surface area contributed by atoms with Crippen LogP contribution in [0.2, 0.25) is 0 Å². The monoisotopic (exact) mass is 758 g/mol. The Morgan fingerprint density at radius 2 is 1.02 bits per heavy atom. The van der Waals surface area contributed by atoms with Crippen LogP contribution in [-0.2, 0) is 10.8 Å². The van der Waals surface area contributed by atoms with Gasteiger partial charge in [-0.2, -0.15) is 0 Å². The lowest BCUT2D eigenvalue weighted by molar-refractivity contribution is 0.465. The van der Waals surface area contributed by atoms with E-state index in [-0.39, 0.29) is 10.8 Å². The molecule has 0 bridgehead atoms. The van der Waals surface area contributed by atoms with Gasteiger partial charge in [-0.15, -0.1) is 0 Å². The summed E-state index contributed by atoms with van der Waals surface area (Å²) < 4.78 is 8.97. The average Bonchev–Trinajstić information content (AvgIpc) is 3.96. The predicted molar refractivity (Wildman–Crippen MR) is 246 cm³/mol. The van der Waals surface area contributed by atoms with E-state index in [4.69, 9.17) is 4.42 Å². The Morgan fingerprint density at radius 3 is 1.81 bits per heavy atom. The Kier molecular flexibility index (Phi) is 7.03. The molecule has 3 heteroatoms. The number of anilines is 3. The number of hydrogen-bond donors (Lipinski definition) is 0. The molecule has 2 aliphatic rings. The zero-order valence-electron chi connectivity index (χ0n) is 33.6. The van der Waals surface area contributed by atoms with E-state index in [1.807, 2.05) is 0 Å². The molecule has 0 fully saturated rings. The van der Waals surface area contributed by atoms with Crippen LogP contribution in [0.4, 0.5) is 17.1 Å². The summed E-state index contributed by atoms with van der Waals surface area (Å²) in [4.78, 5) is 2.44. The van der Waals surface area contributed by atoms with Crippen molar-refractivity contribution in [1.82, 2.24) is 4.57 Å². The minimum atomic E-state index is -0.293. The third kappa shape index (κ3) is 4.82. The Bertz CT molecular complexity index is 3320. The van der Waals surface area contributed by atoms with Crippen molar-refractivity contribution in [3.8, 4) is 39.1 Å². The average molecular weight is 759 g/mol. The summed E-state index contributed by atoms with van der Waals surface area (Å²) in [5, 5.41) is 3.69. The fraction of sp³-hybridized carbons (Fsp3) is 0.107. The van der Waals surface area contributed by atoms with Crippen LogP contribution in [-0.4, -0.2) is 4.57 Å². The van der Waals surface area contributed by atoms with Crippen molar-refractivity contribution in [3.05, 3.63) is 204 Å². The minimum absolute atomic E-state index is 0.116. The first kappa shape index (κ1) is 34.0. The van der Waals surface area contributed by atoms with Crippen LogP contribution < -0.4 is 4.90 Å². The molecule has 2 aromatic heterocycles. The number of hydrogen-bond acceptors (Lipinski definition) is 2. The van der Waals surface area contributed by atoms with Gasteiger partial charge in [0.15, 0.2) is 0 Å². The molecule has 3 nitrogen and oxygen atoms in total. The number of para-hydroxylation sites is 3. The topological polar surface area (TPSA) is 21.3 Å². The Balaban J connectivity index is 0.996. The highest BCUT2D eigenvalue weighted by molar-refractivity contribution is 6.10. The summed E-state index contributed by atoms with van der Waals surface area (Å²) >= 11 is 0. The van der Waals surface area contributed by atoms with Crippen LogP contribution in [0.5, 0.6) is 0 Å². The highest BCUT2D eigenvalue weighted by Crippen LogP contribution is 2.55. The van der Waals surface area contributed by atoms with Crippen LogP contribution >= 0.6 is 0 Å². The molecule has 59 heavy (non-hydrogen) atoms. The number of aromatic nitrogens is 1. The van der Waals surface area contributed by atoms with Crippen LogP contribution in [0.3, 0.4) is 0 Å². The normalized spacial score (nSPS) is 14.4. The van der Waals surface area contributed by atoms with Gasteiger partial charge >= 0.3 is 0 Å². The molecular weight excluding hydrogens is 717 g/mol. The van der Waals surface area contributed by atoms with E-state index in [2.05, 4.69) is 219 Å². The molecule has 2 heterocycles. The lowest BCUT2D eigenvalue weighted by Crippen LogP contribution is -2.17. The predicted octanol–water partition coefficient (Wildman–Crippen LogP) is 15.3. The molecule has 12 rings (SSSR count). The van der Waals surface area contributed by atoms with Gasteiger partial charge in [0, 0.05) is 55.3 Å². The molecule has 0 N–H and O–H groups in total. The van der Waals surface area contributed by atoms with Crippen molar-refractivity contribution in [3.63, 3.8) is 0 Å². The van der Waals surface area contributed by atoms with Gasteiger partial charge in [0.05, 0.1) is 11.0 Å². The number of benzene rings is 8. The Hall–Kier alpha value is -7.10. The zero-order chi connectivity index (χ0) is 39.6. The largest absolute Gasteiger partial charge is 0.459 e. The van der Waals surface area contributed by atoms with E-state index >= 15 is 0 Å². The quantitative estimate of drug-likeness (QED) is 0.174. The summed E-state index contributed by atoms with van der Waals surface area (Å²) in [6, 6.07) is 66.8. The molecule has 0 amide bonds. The lowest BCUT2D eigenvalue weighted by atomic mass is 9.82. The van der Waals surface area contributed by atoms with E-state index in [0.717, 1.165) is 28.4 Å². The fourth-order valence-corrected chi connectivity index (χ4v) is 10.4. The van der Waals surface area contributed by atoms with Gasteiger partial charge in [0.2, 0.25) is 0 Å². The summed E-state index contributed by atoms with van der Waals surface area (Å²) in [7, 11) is 0. The van der Waals surface area contributed by atoms with Crippen LogP contribution in [0.15, 0.2) is 186 Å².